The number of benzene rings is 1. The van der Waals surface area contributed by atoms with Crippen LogP contribution < -0.4 is 34.0 Å². The fourth-order valence-corrected chi connectivity index (χ4v) is 1.22. The van der Waals surface area contributed by atoms with Crippen molar-refractivity contribution in [2.24, 2.45) is 0 Å². The summed E-state index contributed by atoms with van der Waals surface area (Å²) in [7, 11) is 0. The maximum absolute atomic E-state index is 2.24. The number of unbranched alkanes of at least 4 members (excludes halogenated alkanes) is 2. The molecule has 0 aromatic heterocycles. The Morgan fingerprint density at radius 1 is 0.929 bits per heavy atom. The Morgan fingerprint density at radius 2 is 1.50 bits per heavy atom. The first-order valence-corrected chi connectivity index (χ1v) is 4.47. The minimum absolute atomic E-state index is 0. The molecule has 0 saturated carbocycles. The summed E-state index contributed by atoms with van der Waals surface area (Å²) >= 11 is 0. The third-order valence-corrected chi connectivity index (χ3v) is 1.91. The zero-order valence-corrected chi connectivity index (χ0v) is 13.3. The van der Waals surface area contributed by atoms with E-state index in [1.165, 1.54) is 31.2 Å². The second kappa shape index (κ2) is 13.9. The number of aryl methyl sites for hydroxylation is 1. The molecule has 0 atom stereocenters. The number of hydrogen-bond acceptors (Lipinski definition) is 0. The maximum Gasteiger partial charge on any atom is 2.00 e. The maximum atomic E-state index is 2.24. The predicted molar refractivity (Wildman–Crippen MR) is 55.4 cm³/mol. The average molecular weight is 332 g/mol. The fourth-order valence-electron chi connectivity index (χ4n) is 1.22. The van der Waals surface area contributed by atoms with Crippen LogP contribution in [0.2, 0.25) is 0 Å². The molecule has 3 heteroatoms. The van der Waals surface area contributed by atoms with Crippen molar-refractivity contribution in [1.29, 1.82) is 0 Å². The van der Waals surface area contributed by atoms with Crippen molar-refractivity contribution in [2.45, 2.75) is 32.6 Å². The van der Waals surface area contributed by atoms with Gasteiger partial charge in [-0.05, 0) is 18.4 Å². The normalized spacial score (nSPS) is 7.79. The first-order chi connectivity index (χ1) is 5.43. The molecule has 0 nitrogen and oxygen atoms in total. The molecule has 1 aromatic rings. The van der Waals surface area contributed by atoms with Gasteiger partial charge in [0.05, 0.1) is 0 Å². The molecule has 0 unspecified atom stereocenters. The molecular formula is C11H16Br2Mg. The van der Waals surface area contributed by atoms with Gasteiger partial charge in [0, 0.05) is 0 Å². The van der Waals surface area contributed by atoms with Gasteiger partial charge in [0.2, 0.25) is 0 Å². The van der Waals surface area contributed by atoms with Crippen LogP contribution >= 0.6 is 0 Å². The molecule has 0 N–H and O–H groups in total. The van der Waals surface area contributed by atoms with Gasteiger partial charge in [-0.25, -0.2) is 0 Å². The zero-order chi connectivity index (χ0) is 7.94. The van der Waals surface area contributed by atoms with Gasteiger partial charge < -0.3 is 34.0 Å². The van der Waals surface area contributed by atoms with Crippen LogP contribution in [0.4, 0.5) is 0 Å². The quantitative estimate of drug-likeness (QED) is 0.409. The summed E-state index contributed by atoms with van der Waals surface area (Å²) in [5.41, 5.74) is 1.47. The van der Waals surface area contributed by atoms with Gasteiger partial charge in [0.25, 0.3) is 0 Å². The predicted octanol–water partition coefficient (Wildman–Crippen LogP) is -2.95. The minimum atomic E-state index is 0. The minimum Gasteiger partial charge on any atom is -1.00 e. The summed E-state index contributed by atoms with van der Waals surface area (Å²) < 4.78 is 0. The fraction of sp³-hybridized carbons (Fsp3) is 0.455. The van der Waals surface area contributed by atoms with Crippen LogP contribution in [-0.4, -0.2) is 23.1 Å². The third kappa shape index (κ3) is 9.50. The summed E-state index contributed by atoms with van der Waals surface area (Å²) in [6, 6.07) is 10.7. The standard InChI is InChI=1S/C11H16.2BrH.Mg/c1-2-3-5-8-11-9-6-4-7-10-11;;;/h4,6-7,9-10H,2-3,5,8H2,1H3;2*1H;/q;;;+2/p-2. The Kier molecular flexibility index (Phi) is 20.3. The molecule has 76 valence electrons. The molecule has 1 aromatic carbocycles. The molecule has 0 saturated heterocycles. The summed E-state index contributed by atoms with van der Waals surface area (Å²) in [5.74, 6) is 0. The second-order valence-corrected chi connectivity index (χ2v) is 2.94. The van der Waals surface area contributed by atoms with E-state index < -0.39 is 0 Å². The van der Waals surface area contributed by atoms with Gasteiger partial charge in [-0.1, -0.05) is 50.1 Å². The Balaban J connectivity index is -0.000000403. The van der Waals surface area contributed by atoms with Crippen LogP contribution in [0.15, 0.2) is 30.3 Å². The van der Waals surface area contributed by atoms with E-state index in [-0.39, 0.29) is 57.0 Å². The van der Waals surface area contributed by atoms with Crippen LogP contribution in [0, 0.1) is 0 Å². The molecule has 0 bridgehead atoms. The van der Waals surface area contributed by atoms with Crippen LogP contribution in [0.3, 0.4) is 0 Å². The summed E-state index contributed by atoms with van der Waals surface area (Å²) in [5, 5.41) is 0. The van der Waals surface area contributed by atoms with E-state index in [0.29, 0.717) is 0 Å². The molecule has 0 heterocycles. The summed E-state index contributed by atoms with van der Waals surface area (Å²) in [6.45, 7) is 2.24. The van der Waals surface area contributed by atoms with E-state index in [4.69, 9.17) is 0 Å². The van der Waals surface area contributed by atoms with E-state index in [1.54, 1.807) is 0 Å². The molecule has 0 radical (unpaired) electrons. The van der Waals surface area contributed by atoms with Gasteiger partial charge in [-0.2, -0.15) is 0 Å². The Bertz CT molecular complexity index is 190. The molecule has 14 heavy (non-hydrogen) atoms. The smallest absolute Gasteiger partial charge is 1.00 e. The van der Waals surface area contributed by atoms with Crippen LogP contribution in [0.5, 0.6) is 0 Å². The molecule has 1 rings (SSSR count). The van der Waals surface area contributed by atoms with E-state index in [0.717, 1.165) is 0 Å². The zero-order valence-electron chi connectivity index (χ0n) is 8.68. The van der Waals surface area contributed by atoms with Crippen LogP contribution in [0.1, 0.15) is 31.7 Å². The number of hydrogen-bond donors (Lipinski definition) is 0. The molecule has 0 aliphatic rings. The average Bonchev–Trinajstić information content (AvgIpc) is 2.07. The van der Waals surface area contributed by atoms with Crippen LogP contribution in [0.25, 0.3) is 0 Å². The second-order valence-electron chi connectivity index (χ2n) is 2.94. The van der Waals surface area contributed by atoms with E-state index >= 15 is 0 Å². The van der Waals surface area contributed by atoms with Crippen molar-refractivity contribution >= 4 is 23.1 Å². The number of rotatable bonds is 4. The van der Waals surface area contributed by atoms with Gasteiger partial charge >= 0.3 is 23.1 Å². The molecule has 0 amide bonds. The first-order valence-electron chi connectivity index (χ1n) is 4.47. The molecule has 0 aliphatic carbocycles. The van der Waals surface area contributed by atoms with E-state index in [1.807, 2.05) is 0 Å². The topological polar surface area (TPSA) is 0 Å². The van der Waals surface area contributed by atoms with Crippen molar-refractivity contribution < 1.29 is 34.0 Å². The van der Waals surface area contributed by atoms with Crippen molar-refractivity contribution in [1.82, 2.24) is 0 Å². The van der Waals surface area contributed by atoms with E-state index in [2.05, 4.69) is 37.3 Å². The monoisotopic (exact) mass is 330 g/mol. The number of halogens is 2. The molecule has 0 aliphatic heterocycles. The van der Waals surface area contributed by atoms with Crippen molar-refractivity contribution in [3.8, 4) is 0 Å². The third-order valence-electron chi connectivity index (χ3n) is 1.91. The SMILES string of the molecule is CCCCCc1ccccc1.[Br-].[Br-].[Mg+2]. The summed E-state index contributed by atoms with van der Waals surface area (Å²) in [4.78, 5) is 0. The van der Waals surface area contributed by atoms with Crippen molar-refractivity contribution in [3.05, 3.63) is 35.9 Å². The molecular weight excluding hydrogens is 316 g/mol. The largest absolute Gasteiger partial charge is 2.00 e. The van der Waals surface area contributed by atoms with Crippen molar-refractivity contribution in [3.63, 3.8) is 0 Å². The Morgan fingerprint density at radius 3 is 2.00 bits per heavy atom. The van der Waals surface area contributed by atoms with Crippen molar-refractivity contribution in [2.75, 3.05) is 0 Å². The first kappa shape index (κ1) is 20.4. The van der Waals surface area contributed by atoms with Gasteiger partial charge in [0.1, 0.15) is 0 Å². The molecule has 0 fully saturated rings. The summed E-state index contributed by atoms with van der Waals surface area (Å²) in [6.07, 6.45) is 5.25. The van der Waals surface area contributed by atoms with Crippen LogP contribution in [-0.2, 0) is 6.42 Å². The molecule has 0 spiro atoms. The Labute approximate surface area is 125 Å². The van der Waals surface area contributed by atoms with Gasteiger partial charge in [-0.15, -0.1) is 0 Å². The van der Waals surface area contributed by atoms with E-state index in [9.17, 15) is 0 Å². The van der Waals surface area contributed by atoms with Gasteiger partial charge in [0.15, 0.2) is 0 Å². The van der Waals surface area contributed by atoms with Gasteiger partial charge in [-0.3, -0.25) is 0 Å². The Hall–Kier alpha value is 0.946.